The van der Waals surface area contributed by atoms with E-state index in [0.29, 0.717) is 5.16 Å². The van der Waals surface area contributed by atoms with Crippen molar-refractivity contribution in [3.8, 4) is 0 Å². The van der Waals surface area contributed by atoms with Crippen LogP contribution in [-0.4, -0.2) is 29.8 Å². The van der Waals surface area contributed by atoms with Gasteiger partial charge in [-0.25, -0.2) is 0 Å². The van der Waals surface area contributed by atoms with Crippen LogP contribution in [0.25, 0.3) is 0 Å². The second-order valence-electron chi connectivity index (χ2n) is 4.95. The Hall–Kier alpha value is -1.45. The predicted octanol–water partition coefficient (Wildman–Crippen LogP) is 2.67. The monoisotopic (exact) mass is 276 g/mol. The average Bonchev–Trinajstić information content (AvgIpc) is 2.45. The molecular formula is C15H17ClN2O. The normalized spacial score (nSPS) is 22.8. The maximum atomic E-state index is 10.4. The van der Waals surface area contributed by atoms with E-state index in [1.807, 2.05) is 18.2 Å². The molecule has 0 saturated carbocycles. The molecule has 1 N–H and O–H groups in total. The van der Waals surface area contributed by atoms with Gasteiger partial charge >= 0.3 is 0 Å². The Labute approximate surface area is 118 Å². The van der Waals surface area contributed by atoms with Gasteiger partial charge in [0.15, 0.2) is 6.23 Å². The first-order chi connectivity index (χ1) is 9.18. The number of aliphatic hydroxyl groups is 1. The maximum Gasteiger partial charge on any atom is 0.168 e. The topological polar surface area (TPSA) is 26.7 Å². The van der Waals surface area contributed by atoms with E-state index in [4.69, 9.17) is 11.6 Å². The first-order valence-electron chi connectivity index (χ1n) is 6.52. The second-order valence-corrected chi connectivity index (χ2v) is 5.34. The summed E-state index contributed by atoms with van der Waals surface area (Å²) < 4.78 is 0. The third-order valence-electron chi connectivity index (χ3n) is 3.78. The highest BCUT2D eigenvalue weighted by atomic mass is 35.5. The van der Waals surface area contributed by atoms with Crippen LogP contribution < -0.4 is 4.90 Å². The van der Waals surface area contributed by atoms with Crippen LogP contribution in [0, 0.1) is 0 Å². The molecular weight excluding hydrogens is 260 g/mol. The Bertz CT molecular complexity index is 553. The number of benzene rings is 1. The summed E-state index contributed by atoms with van der Waals surface area (Å²) in [4.78, 5) is 3.87. The number of para-hydroxylation sites is 1. The third-order valence-corrected chi connectivity index (χ3v) is 4.17. The Kier molecular flexibility index (Phi) is 3.25. The number of aryl methyl sites for hydroxylation is 1. The summed E-state index contributed by atoms with van der Waals surface area (Å²) >= 11 is 6.03. The van der Waals surface area contributed by atoms with E-state index in [-0.39, 0.29) is 0 Å². The molecule has 2 aliphatic heterocycles. The van der Waals surface area contributed by atoms with Gasteiger partial charge < -0.3 is 14.9 Å². The first-order valence-corrected chi connectivity index (χ1v) is 6.90. The summed E-state index contributed by atoms with van der Waals surface area (Å²) in [6.07, 6.45) is 5.25. The quantitative estimate of drug-likeness (QED) is 0.799. The minimum atomic E-state index is -0.691. The zero-order chi connectivity index (χ0) is 13.4. The van der Waals surface area contributed by atoms with E-state index in [1.54, 1.807) is 11.9 Å². The number of allylic oxidation sites excluding steroid dienone is 2. The average molecular weight is 277 g/mol. The number of anilines is 1. The van der Waals surface area contributed by atoms with Crippen LogP contribution in [0.5, 0.6) is 0 Å². The number of halogens is 1. The molecule has 0 bridgehead atoms. The lowest BCUT2D eigenvalue weighted by Crippen LogP contribution is -2.42. The molecule has 4 heteroatoms. The van der Waals surface area contributed by atoms with Gasteiger partial charge in [-0.2, -0.15) is 0 Å². The van der Waals surface area contributed by atoms with Crippen LogP contribution in [0.3, 0.4) is 0 Å². The Morgan fingerprint density at radius 3 is 2.89 bits per heavy atom. The van der Waals surface area contributed by atoms with Gasteiger partial charge in [0.1, 0.15) is 5.16 Å². The molecule has 0 amide bonds. The second kappa shape index (κ2) is 4.91. The molecule has 1 atom stereocenters. The minimum absolute atomic E-state index is 0.557. The SMILES string of the molecule is CN1C(Cl)=CC=C(N2CCCc3ccccc32)C1O. The summed E-state index contributed by atoms with van der Waals surface area (Å²) in [6.45, 7) is 0.930. The molecule has 100 valence electrons. The zero-order valence-corrected chi connectivity index (χ0v) is 11.6. The highest BCUT2D eigenvalue weighted by Crippen LogP contribution is 2.33. The van der Waals surface area contributed by atoms with Crippen molar-refractivity contribution in [1.29, 1.82) is 0 Å². The lowest BCUT2D eigenvalue weighted by molar-refractivity contribution is 0.0793. The van der Waals surface area contributed by atoms with Crippen molar-refractivity contribution >= 4 is 17.3 Å². The number of fused-ring (bicyclic) bond motifs is 1. The van der Waals surface area contributed by atoms with Gasteiger partial charge in [0, 0.05) is 19.3 Å². The Morgan fingerprint density at radius 2 is 2.05 bits per heavy atom. The van der Waals surface area contributed by atoms with E-state index < -0.39 is 6.23 Å². The molecule has 0 aliphatic carbocycles. The van der Waals surface area contributed by atoms with Crippen molar-refractivity contribution in [3.05, 3.63) is 52.8 Å². The lowest BCUT2D eigenvalue weighted by Gasteiger charge is -2.39. The van der Waals surface area contributed by atoms with Crippen LogP contribution in [0.4, 0.5) is 5.69 Å². The molecule has 3 rings (SSSR count). The first kappa shape index (κ1) is 12.6. The van der Waals surface area contributed by atoms with E-state index >= 15 is 0 Å². The molecule has 2 aliphatic rings. The highest BCUT2D eigenvalue weighted by Gasteiger charge is 2.28. The number of rotatable bonds is 1. The van der Waals surface area contributed by atoms with Gasteiger partial charge in [0.2, 0.25) is 0 Å². The molecule has 0 radical (unpaired) electrons. The third kappa shape index (κ3) is 2.13. The van der Waals surface area contributed by atoms with Gasteiger partial charge in [-0.3, -0.25) is 0 Å². The summed E-state index contributed by atoms with van der Waals surface area (Å²) in [5.41, 5.74) is 3.42. The molecule has 1 aromatic carbocycles. The van der Waals surface area contributed by atoms with Crippen molar-refractivity contribution in [1.82, 2.24) is 4.90 Å². The van der Waals surface area contributed by atoms with Gasteiger partial charge in [0.05, 0.1) is 5.70 Å². The van der Waals surface area contributed by atoms with Crippen molar-refractivity contribution in [2.45, 2.75) is 19.1 Å². The fraction of sp³-hybridized carbons (Fsp3) is 0.333. The molecule has 19 heavy (non-hydrogen) atoms. The van der Waals surface area contributed by atoms with E-state index in [0.717, 1.165) is 25.1 Å². The number of hydrogen-bond donors (Lipinski definition) is 1. The van der Waals surface area contributed by atoms with Crippen molar-refractivity contribution < 1.29 is 5.11 Å². The van der Waals surface area contributed by atoms with Crippen LogP contribution in [0.1, 0.15) is 12.0 Å². The summed E-state index contributed by atoms with van der Waals surface area (Å²) in [7, 11) is 1.80. The van der Waals surface area contributed by atoms with Crippen LogP contribution in [0.15, 0.2) is 47.3 Å². The van der Waals surface area contributed by atoms with E-state index in [9.17, 15) is 5.11 Å². The zero-order valence-electron chi connectivity index (χ0n) is 10.9. The van der Waals surface area contributed by atoms with Gasteiger partial charge in [-0.1, -0.05) is 29.8 Å². The molecule has 1 unspecified atom stereocenters. The standard InChI is InChI=1S/C15H17ClN2O/c1-17-14(16)9-8-13(15(17)19)18-10-4-6-11-5-2-3-7-12(11)18/h2-3,5,7-9,15,19H,4,6,10H2,1H3. The van der Waals surface area contributed by atoms with Gasteiger partial charge in [-0.05, 0) is 36.6 Å². The molecule has 2 heterocycles. The van der Waals surface area contributed by atoms with Crippen molar-refractivity contribution in [2.75, 3.05) is 18.5 Å². The van der Waals surface area contributed by atoms with E-state index in [1.165, 1.54) is 11.3 Å². The van der Waals surface area contributed by atoms with Gasteiger partial charge in [-0.15, -0.1) is 0 Å². The number of aliphatic hydroxyl groups excluding tert-OH is 1. The highest BCUT2D eigenvalue weighted by molar-refractivity contribution is 6.29. The predicted molar refractivity (Wildman–Crippen MR) is 77.9 cm³/mol. The molecule has 0 saturated heterocycles. The largest absolute Gasteiger partial charge is 0.368 e. The maximum absolute atomic E-state index is 10.4. The summed E-state index contributed by atoms with van der Waals surface area (Å²) in [5, 5.41) is 10.9. The van der Waals surface area contributed by atoms with E-state index in [2.05, 4.69) is 23.1 Å². The van der Waals surface area contributed by atoms with Crippen LogP contribution in [0.2, 0.25) is 0 Å². The van der Waals surface area contributed by atoms with Crippen molar-refractivity contribution in [3.63, 3.8) is 0 Å². The number of hydrogen-bond acceptors (Lipinski definition) is 3. The minimum Gasteiger partial charge on any atom is -0.368 e. The molecule has 0 fully saturated rings. The lowest BCUT2D eigenvalue weighted by atomic mass is 10.0. The van der Waals surface area contributed by atoms with Crippen LogP contribution in [-0.2, 0) is 6.42 Å². The Balaban J connectivity index is 2.00. The molecule has 1 aromatic rings. The molecule has 0 spiro atoms. The number of nitrogens with zero attached hydrogens (tertiary/aromatic N) is 2. The van der Waals surface area contributed by atoms with Gasteiger partial charge in [0.25, 0.3) is 0 Å². The summed E-state index contributed by atoms with van der Waals surface area (Å²) in [5.74, 6) is 0. The Morgan fingerprint density at radius 1 is 1.26 bits per heavy atom. The molecule has 0 aromatic heterocycles. The molecule has 3 nitrogen and oxygen atoms in total. The fourth-order valence-electron chi connectivity index (χ4n) is 2.70. The van der Waals surface area contributed by atoms with Crippen molar-refractivity contribution in [2.24, 2.45) is 0 Å². The fourth-order valence-corrected chi connectivity index (χ4v) is 2.86. The number of likely N-dealkylation sites (N-methyl/N-ethyl adjacent to an activating group) is 1. The smallest absolute Gasteiger partial charge is 0.168 e. The summed E-state index contributed by atoms with van der Waals surface area (Å²) in [6, 6.07) is 8.38. The van der Waals surface area contributed by atoms with Crippen LogP contribution >= 0.6 is 11.6 Å².